The van der Waals surface area contributed by atoms with Crippen molar-refractivity contribution in [2.75, 3.05) is 7.11 Å². The highest BCUT2D eigenvalue weighted by molar-refractivity contribution is 7.17. The summed E-state index contributed by atoms with van der Waals surface area (Å²) >= 11 is 1.63. The highest BCUT2D eigenvalue weighted by Gasteiger charge is 2.13. The maximum Gasteiger partial charge on any atom is 0.194 e. The van der Waals surface area contributed by atoms with E-state index in [0.717, 1.165) is 29.1 Å². The molecule has 0 saturated carbocycles. The van der Waals surface area contributed by atoms with Crippen LogP contribution >= 0.6 is 11.3 Å². The second-order valence-corrected chi connectivity index (χ2v) is 5.62. The molecule has 0 atom stereocenters. The largest absolute Gasteiger partial charge is 0.497 e. The molecule has 102 valence electrons. The molecule has 2 aromatic heterocycles. The summed E-state index contributed by atoms with van der Waals surface area (Å²) in [6.45, 7) is 2.02. The van der Waals surface area contributed by atoms with E-state index in [9.17, 15) is 4.79 Å². The third-order valence-corrected chi connectivity index (χ3v) is 4.51. The van der Waals surface area contributed by atoms with Gasteiger partial charge in [0.1, 0.15) is 11.4 Å². The number of aryl methyl sites for hydroxylation is 1. The third kappa shape index (κ3) is 2.10. The van der Waals surface area contributed by atoms with Gasteiger partial charge in [0.15, 0.2) is 11.2 Å². The monoisotopic (exact) mass is 286 g/mol. The molecule has 0 aliphatic carbocycles. The molecule has 3 aromatic rings. The summed E-state index contributed by atoms with van der Waals surface area (Å²) in [7, 11) is 1.66. The summed E-state index contributed by atoms with van der Waals surface area (Å²) in [4.78, 5) is 17.4. The summed E-state index contributed by atoms with van der Waals surface area (Å²) in [6, 6.07) is 8.03. The molecule has 0 spiro atoms. The van der Waals surface area contributed by atoms with Crippen LogP contribution < -0.4 is 4.74 Å². The Hall–Kier alpha value is -2.14. The second kappa shape index (κ2) is 5.09. The molecule has 5 heteroatoms. The minimum absolute atomic E-state index is 0.606. The van der Waals surface area contributed by atoms with Crippen molar-refractivity contribution in [3.63, 3.8) is 0 Å². The van der Waals surface area contributed by atoms with Gasteiger partial charge in [-0.2, -0.15) is 0 Å². The number of rotatable bonds is 4. The lowest BCUT2D eigenvalue weighted by Crippen LogP contribution is -1.94. The van der Waals surface area contributed by atoms with E-state index < -0.39 is 0 Å². The first-order valence-electron chi connectivity index (χ1n) is 6.26. The number of imidazole rings is 1. The number of carbonyl (C=O) groups is 1. The number of aldehydes is 1. The zero-order valence-corrected chi connectivity index (χ0v) is 12.1. The number of nitrogens with zero attached hydrogens (tertiary/aromatic N) is 2. The molecule has 1 aromatic carbocycles. The van der Waals surface area contributed by atoms with Gasteiger partial charge >= 0.3 is 0 Å². The molecule has 0 fully saturated rings. The minimum atomic E-state index is 0.606. The molecule has 0 aliphatic rings. The van der Waals surface area contributed by atoms with E-state index in [0.29, 0.717) is 5.69 Å². The fraction of sp³-hybridized carbons (Fsp3) is 0.200. The van der Waals surface area contributed by atoms with Crippen LogP contribution in [0.4, 0.5) is 0 Å². The van der Waals surface area contributed by atoms with Crippen LogP contribution in [0.5, 0.6) is 5.75 Å². The third-order valence-electron chi connectivity index (χ3n) is 3.35. The number of benzene rings is 1. The Kier molecular flexibility index (Phi) is 3.28. The molecule has 0 saturated heterocycles. The van der Waals surface area contributed by atoms with Crippen LogP contribution in [0.2, 0.25) is 0 Å². The first-order chi connectivity index (χ1) is 9.72. The lowest BCUT2D eigenvalue weighted by molar-refractivity contribution is 0.111. The van der Waals surface area contributed by atoms with Crippen LogP contribution in [0.1, 0.15) is 26.6 Å². The molecule has 0 bridgehead atoms. The Labute approximate surface area is 120 Å². The van der Waals surface area contributed by atoms with Crippen LogP contribution in [0.15, 0.2) is 30.5 Å². The Morgan fingerprint density at radius 3 is 2.75 bits per heavy atom. The normalized spacial score (nSPS) is 10.9. The van der Waals surface area contributed by atoms with Crippen molar-refractivity contribution in [2.24, 2.45) is 0 Å². The van der Waals surface area contributed by atoms with Gasteiger partial charge in [0, 0.05) is 17.0 Å². The van der Waals surface area contributed by atoms with Crippen LogP contribution in [0.3, 0.4) is 0 Å². The zero-order valence-electron chi connectivity index (χ0n) is 11.3. The van der Waals surface area contributed by atoms with E-state index >= 15 is 0 Å². The molecular formula is C15H14N2O2S. The molecule has 20 heavy (non-hydrogen) atoms. The van der Waals surface area contributed by atoms with E-state index in [-0.39, 0.29) is 0 Å². The van der Waals surface area contributed by atoms with E-state index in [1.165, 1.54) is 10.4 Å². The summed E-state index contributed by atoms with van der Waals surface area (Å²) < 4.78 is 7.07. The van der Waals surface area contributed by atoms with Crippen molar-refractivity contribution < 1.29 is 9.53 Å². The molecule has 0 radical (unpaired) electrons. The predicted molar refractivity (Wildman–Crippen MR) is 79.0 cm³/mol. The topological polar surface area (TPSA) is 43.6 Å². The van der Waals surface area contributed by atoms with Gasteiger partial charge in [-0.25, -0.2) is 4.98 Å². The van der Waals surface area contributed by atoms with Crippen LogP contribution in [-0.4, -0.2) is 22.8 Å². The SMILES string of the molecule is COc1ccc(Cc2sc3ncc(C=O)n3c2C)cc1. The minimum Gasteiger partial charge on any atom is -0.497 e. The molecule has 0 unspecified atom stereocenters. The second-order valence-electron chi connectivity index (χ2n) is 4.55. The first-order valence-corrected chi connectivity index (χ1v) is 7.08. The smallest absolute Gasteiger partial charge is 0.194 e. The summed E-state index contributed by atoms with van der Waals surface area (Å²) in [5, 5.41) is 0. The number of hydrogen-bond donors (Lipinski definition) is 0. The maximum absolute atomic E-state index is 11.0. The average Bonchev–Trinajstić information content (AvgIpc) is 3.01. The van der Waals surface area contributed by atoms with Crippen molar-refractivity contribution in [3.05, 3.63) is 52.3 Å². The van der Waals surface area contributed by atoms with Crippen LogP contribution in [0, 0.1) is 6.92 Å². The predicted octanol–water partition coefficient (Wildman–Crippen LogP) is 3.12. The first kappa shape index (κ1) is 12.9. The van der Waals surface area contributed by atoms with Gasteiger partial charge in [-0.1, -0.05) is 12.1 Å². The highest BCUT2D eigenvalue weighted by atomic mass is 32.1. The van der Waals surface area contributed by atoms with Gasteiger partial charge in [0.2, 0.25) is 0 Å². The highest BCUT2D eigenvalue weighted by Crippen LogP contribution is 2.26. The standard InChI is InChI=1S/C15H14N2O2S/c1-10-14(7-11-3-5-13(19-2)6-4-11)20-15-16-8-12(9-18)17(10)15/h3-6,8-9H,7H2,1-2H3. The number of thiazole rings is 1. The van der Waals surface area contributed by atoms with Gasteiger partial charge in [-0.05, 0) is 24.6 Å². The van der Waals surface area contributed by atoms with Gasteiger partial charge in [0.25, 0.3) is 0 Å². The number of hydrogen-bond acceptors (Lipinski definition) is 4. The Balaban J connectivity index is 1.95. The number of aromatic nitrogens is 2. The van der Waals surface area contributed by atoms with E-state index in [1.807, 2.05) is 23.5 Å². The van der Waals surface area contributed by atoms with Gasteiger partial charge in [-0.15, -0.1) is 11.3 Å². The van der Waals surface area contributed by atoms with Crippen LogP contribution in [0.25, 0.3) is 4.96 Å². The van der Waals surface area contributed by atoms with Crippen molar-refractivity contribution in [1.29, 1.82) is 0 Å². The Bertz CT molecular complexity index is 756. The lowest BCUT2D eigenvalue weighted by Gasteiger charge is -2.03. The van der Waals surface area contributed by atoms with Crippen molar-refractivity contribution in [2.45, 2.75) is 13.3 Å². The van der Waals surface area contributed by atoms with E-state index in [4.69, 9.17) is 4.74 Å². The van der Waals surface area contributed by atoms with E-state index in [2.05, 4.69) is 17.1 Å². The van der Waals surface area contributed by atoms with Crippen molar-refractivity contribution in [3.8, 4) is 5.75 Å². The molecule has 4 nitrogen and oxygen atoms in total. The Morgan fingerprint density at radius 1 is 1.35 bits per heavy atom. The summed E-state index contributed by atoms with van der Waals surface area (Å²) in [5.41, 5.74) is 2.90. The van der Waals surface area contributed by atoms with Gasteiger partial charge in [0.05, 0.1) is 13.3 Å². The summed E-state index contributed by atoms with van der Waals surface area (Å²) in [5.74, 6) is 0.856. The summed E-state index contributed by atoms with van der Waals surface area (Å²) in [6.07, 6.45) is 3.29. The molecule has 0 amide bonds. The van der Waals surface area contributed by atoms with Crippen molar-refractivity contribution in [1.82, 2.24) is 9.38 Å². The molecule has 0 N–H and O–H groups in total. The van der Waals surface area contributed by atoms with Crippen LogP contribution in [-0.2, 0) is 6.42 Å². The van der Waals surface area contributed by atoms with E-state index in [1.54, 1.807) is 24.6 Å². The molecule has 3 rings (SSSR count). The lowest BCUT2D eigenvalue weighted by atomic mass is 10.1. The van der Waals surface area contributed by atoms with Crippen molar-refractivity contribution >= 4 is 22.6 Å². The number of fused-ring (bicyclic) bond motifs is 1. The maximum atomic E-state index is 11.0. The quantitative estimate of drug-likeness (QED) is 0.692. The average molecular weight is 286 g/mol. The number of methoxy groups -OCH3 is 1. The fourth-order valence-electron chi connectivity index (χ4n) is 2.24. The number of ether oxygens (including phenoxy) is 1. The zero-order chi connectivity index (χ0) is 14.1. The molecular weight excluding hydrogens is 272 g/mol. The fourth-order valence-corrected chi connectivity index (χ4v) is 3.38. The van der Waals surface area contributed by atoms with Gasteiger partial charge in [-0.3, -0.25) is 9.20 Å². The number of carbonyl (C=O) groups excluding carboxylic acids is 1. The molecule has 2 heterocycles. The van der Waals surface area contributed by atoms with Gasteiger partial charge < -0.3 is 4.74 Å². The Morgan fingerprint density at radius 2 is 2.10 bits per heavy atom. The molecule has 0 aliphatic heterocycles.